The Hall–Kier alpha value is -1.11. The van der Waals surface area contributed by atoms with Gasteiger partial charge in [-0.15, -0.1) is 0 Å². The second-order valence-electron chi connectivity index (χ2n) is 4.13. The molecule has 0 saturated carbocycles. The van der Waals surface area contributed by atoms with E-state index in [1.807, 2.05) is 0 Å². The van der Waals surface area contributed by atoms with Gasteiger partial charge < -0.3 is 5.11 Å². The van der Waals surface area contributed by atoms with Crippen LogP contribution in [-0.4, -0.2) is 25.0 Å². The van der Waals surface area contributed by atoms with Crippen LogP contribution in [0.15, 0.2) is 29.2 Å². The SMILES string of the molecule is CCC(CC)(NS(=O)(=O)c1ccccc1Cl)C(=O)O. The number of nitrogens with one attached hydrogen (secondary N) is 1. The first kappa shape index (κ1) is 15.9. The van der Waals surface area contributed by atoms with Gasteiger partial charge in [0.05, 0.1) is 5.02 Å². The normalized spacial score (nSPS) is 12.4. The number of benzene rings is 1. The highest BCUT2D eigenvalue weighted by Gasteiger charge is 2.39. The Bertz CT molecular complexity index is 567. The maximum absolute atomic E-state index is 12.2. The quantitative estimate of drug-likeness (QED) is 0.844. The molecule has 0 atom stereocenters. The standard InChI is InChI=1S/C12H16ClNO4S/c1-3-12(4-2,11(15)16)14-19(17,18)10-8-6-5-7-9(10)13/h5-8,14H,3-4H2,1-2H3,(H,15,16). The van der Waals surface area contributed by atoms with Crippen LogP contribution in [0.5, 0.6) is 0 Å². The molecule has 0 aliphatic carbocycles. The van der Waals surface area contributed by atoms with Gasteiger partial charge in [0, 0.05) is 0 Å². The number of carboxylic acid groups (broad SMARTS) is 1. The summed E-state index contributed by atoms with van der Waals surface area (Å²) >= 11 is 5.84. The smallest absolute Gasteiger partial charge is 0.324 e. The van der Waals surface area contributed by atoms with Crippen LogP contribution in [0, 0.1) is 0 Å². The fourth-order valence-electron chi connectivity index (χ4n) is 1.72. The number of carbonyl (C=O) groups is 1. The van der Waals surface area contributed by atoms with Crippen LogP contribution in [0.25, 0.3) is 0 Å². The van der Waals surface area contributed by atoms with E-state index in [4.69, 9.17) is 11.6 Å². The van der Waals surface area contributed by atoms with Crippen LogP contribution in [0.2, 0.25) is 5.02 Å². The molecule has 19 heavy (non-hydrogen) atoms. The Morgan fingerprint density at radius 3 is 2.26 bits per heavy atom. The Kier molecular flexibility index (Phi) is 4.95. The predicted octanol–water partition coefficient (Wildman–Crippen LogP) is 2.26. The molecule has 7 heteroatoms. The molecule has 0 spiro atoms. The van der Waals surface area contributed by atoms with Gasteiger partial charge in [0.25, 0.3) is 0 Å². The predicted molar refractivity (Wildman–Crippen MR) is 72.7 cm³/mol. The third kappa shape index (κ3) is 3.26. The first-order valence-corrected chi connectivity index (χ1v) is 7.67. The molecule has 2 N–H and O–H groups in total. The molecule has 1 aromatic rings. The fourth-order valence-corrected chi connectivity index (χ4v) is 3.74. The van der Waals surface area contributed by atoms with Crippen molar-refractivity contribution >= 4 is 27.6 Å². The van der Waals surface area contributed by atoms with Crippen molar-refractivity contribution < 1.29 is 18.3 Å². The lowest BCUT2D eigenvalue weighted by atomic mass is 9.95. The van der Waals surface area contributed by atoms with E-state index in [0.717, 1.165) is 0 Å². The van der Waals surface area contributed by atoms with Crippen molar-refractivity contribution in [2.45, 2.75) is 37.1 Å². The van der Waals surface area contributed by atoms with Gasteiger partial charge >= 0.3 is 5.97 Å². The van der Waals surface area contributed by atoms with Crippen molar-refractivity contribution in [3.63, 3.8) is 0 Å². The van der Waals surface area contributed by atoms with Gasteiger partial charge in [-0.05, 0) is 25.0 Å². The molecule has 1 rings (SSSR count). The highest BCUT2D eigenvalue weighted by Crippen LogP contribution is 2.24. The van der Waals surface area contributed by atoms with Crippen molar-refractivity contribution in [2.75, 3.05) is 0 Å². The molecule has 0 bridgehead atoms. The number of hydrogen-bond acceptors (Lipinski definition) is 3. The summed E-state index contributed by atoms with van der Waals surface area (Å²) < 4.78 is 26.7. The minimum atomic E-state index is -3.98. The summed E-state index contributed by atoms with van der Waals surface area (Å²) in [7, 11) is -3.98. The zero-order chi connectivity index (χ0) is 14.7. The van der Waals surface area contributed by atoms with E-state index in [-0.39, 0.29) is 22.8 Å². The lowest BCUT2D eigenvalue weighted by Gasteiger charge is -2.27. The van der Waals surface area contributed by atoms with Gasteiger partial charge in [-0.2, -0.15) is 4.72 Å². The van der Waals surface area contributed by atoms with E-state index < -0.39 is 21.5 Å². The van der Waals surface area contributed by atoms with Crippen LogP contribution in [0.3, 0.4) is 0 Å². The number of aliphatic carboxylic acids is 1. The molecule has 0 amide bonds. The molecule has 1 aromatic carbocycles. The van der Waals surface area contributed by atoms with E-state index in [2.05, 4.69) is 4.72 Å². The molecule has 0 aliphatic rings. The molecule has 0 heterocycles. The van der Waals surface area contributed by atoms with Gasteiger partial charge in [0.1, 0.15) is 10.4 Å². The topological polar surface area (TPSA) is 83.5 Å². The van der Waals surface area contributed by atoms with Crippen LogP contribution in [0.4, 0.5) is 0 Å². The lowest BCUT2D eigenvalue weighted by molar-refractivity contribution is -0.144. The Balaban J connectivity index is 3.23. The Morgan fingerprint density at radius 2 is 1.84 bits per heavy atom. The minimum Gasteiger partial charge on any atom is -0.480 e. The van der Waals surface area contributed by atoms with Crippen LogP contribution in [-0.2, 0) is 14.8 Å². The summed E-state index contributed by atoms with van der Waals surface area (Å²) in [4.78, 5) is 11.2. The van der Waals surface area contributed by atoms with Gasteiger partial charge in [-0.25, -0.2) is 8.42 Å². The molecular weight excluding hydrogens is 290 g/mol. The minimum absolute atomic E-state index is 0.0569. The number of hydrogen-bond donors (Lipinski definition) is 2. The van der Waals surface area contributed by atoms with Gasteiger partial charge in [-0.1, -0.05) is 37.6 Å². The van der Waals surface area contributed by atoms with E-state index in [1.165, 1.54) is 18.2 Å². The molecule has 0 aromatic heterocycles. The number of sulfonamides is 1. The van der Waals surface area contributed by atoms with Crippen molar-refractivity contribution in [1.29, 1.82) is 0 Å². The van der Waals surface area contributed by atoms with E-state index in [0.29, 0.717) is 0 Å². The fraction of sp³-hybridized carbons (Fsp3) is 0.417. The average molecular weight is 306 g/mol. The second-order valence-corrected chi connectivity index (χ2v) is 6.19. The first-order chi connectivity index (χ1) is 8.79. The Morgan fingerprint density at radius 1 is 1.32 bits per heavy atom. The average Bonchev–Trinajstić information content (AvgIpc) is 2.36. The molecule has 0 fully saturated rings. The van der Waals surface area contributed by atoms with Crippen LogP contribution >= 0.6 is 11.6 Å². The molecule has 0 radical (unpaired) electrons. The first-order valence-electron chi connectivity index (χ1n) is 5.81. The van der Waals surface area contributed by atoms with E-state index in [1.54, 1.807) is 19.9 Å². The summed E-state index contributed by atoms with van der Waals surface area (Å²) in [6.07, 6.45) is 0.283. The van der Waals surface area contributed by atoms with Crippen molar-refractivity contribution in [2.24, 2.45) is 0 Å². The van der Waals surface area contributed by atoms with Crippen molar-refractivity contribution in [3.05, 3.63) is 29.3 Å². The maximum Gasteiger partial charge on any atom is 0.324 e. The van der Waals surface area contributed by atoms with Crippen molar-refractivity contribution in [3.8, 4) is 0 Å². The van der Waals surface area contributed by atoms with Gasteiger partial charge in [0.2, 0.25) is 10.0 Å². The van der Waals surface area contributed by atoms with Crippen LogP contribution < -0.4 is 4.72 Å². The number of rotatable bonds is 6. The largest absolute Gasteiger partial charge is 0.480 e. The van der Waals surface area contributed by atoms with Gasteiger partial charge in [0.15, 0.2) is 0 Å². The maximum atomic E-state index is 12.2. The number of carboxylic acids is 1. The molecule has 0 aliphatic heterocycles. The number of halogens is 1. The summed E-state index contributed by atoms with van der Waals surface area (Å²) in [6.45, 7) is 3.24. The zero-order valence-corrected chi connectivity index (χ0v) is 12.3. The molecule has 5 nitrogen and oxygen atoms in total. The summed E-state index contributed by atoms with van der Waals surface area (Å²) in [6, 6.07) is 5.91. The second kappa shape index (κ2) is 5.90. The molecular formula is C12H16ClNO4S. The van der Waals surface area contributed by atoms with Crippen LogP contribution in [0.1, 0.15) is 26.7 Å². The third-order valence-corrected chi connectivity index (χ3v) is 5.11. The monoisotopic (exact) mass is 305 g/mol. The molecule has 0 unspecified atom stereocenters. The highest BCUT2D eigenvalue weighted by molar-refractivity contribution is 7.89. The molecule has 0 saturated heterocycles. The highest BCUT2D eigenvalue weighted by atomic mass is 35.5. The van der Waals surface area contributed by atoms with Gasteiger partial charge in [-0.3, -0.25) is 4.79 Å². The summed E-state index contributed by atoms with van der Waals surface area (Å²) in [5.74, 6) is -1.20. The Labute approximate surface area is 117 Å². The van der Waals surface area contributed by atoms with Crippen molar-refractivity contribution in [1.82, 2.24) is 4.72 Å². The molecule has 106 valence electrons. The third-order valence-electron chi connectivity index (χ3n) is 3.07. The van der Waals surface area contributed by atoms with E-state index in [9.17, 15) is 18.3 Å². The lowest BCUT2D eigenvalue weighted by Crippen LogP contribution is -2.53. The summed E-state index contributed by atoms with van der Waals surface area (Å²) in [5, 5.41) is 9.30. The zero-order valence-electron chi connectivity index (χ0n) is 10.7. The van der Waals surface area contributed by atoms with E-state index >= 15 is 0 Å². The summed E-state index contributed by atoms with van der Waals surface area (Å²) in [5.41, 5.74) is -1.52.